The molecular weight excluding hydrogens is 319 g/mol. The summed E-state index contributed by atoms with van der Waals surface area (Å²) in [6.07, 6.45) is 5.71. The van der Waals surface area contributed by atoms with Gasteiger partial charge in [0.05, 0.1) is 7.11 Å². The summed E-state index contributed by atoms with van der Waals surface area (Å²) in [6, 6.07) is 7.89. The molecule has 2 heterocycles. The Morgan fingerprint density at radius 3 is 2.80 bits per heavy atom. The van der Waals surface area contributed by atoms with Gasteiger partial charge >= 0.3 is 6.09 Å². The summed E-state index contributed by atoms with van der Waals surface area (Å²) < 4.78 is 18.7. The van der Waals surface area contributed by atoms with Crippen molar-refractivity contribution in [2.24, 2.45) is 0 Å². The summed E-state index contributed by atoms with van der Waals surface area (Å²) in [5.41, 5.74) is 4.28. The van der Waals surface area contributed by atoms with E-state index in [-0.39, 0.29) is 18.0 Å². The van der Waals surface area contributed by atoms with E-state index in [0.29, 0.717) is 25.9 Å². The van der Waals surface area contributed by atoms with E-state index >= 15 is 0 Å². The van der Waals surface area contributed by atoms with Gasteiger partial charge in [0.15, 0.2) is 0 Å². The molecule has 25 heavy (non-hydrogen) atoms. The van der Waals surface area contributed by atoms with Crippen LogP contribution >= 0.6 is 0 Å². The second-order valence-corrected chi connectivity index (χ2v) is 6.32. The summed E-state index contributed by atoms with van der Waals surface area (Å²) in [7, 11) is 1.40. The lowest BCUT2D eigenvalue weighted by Crippen LogP contribution is -2.43. The number of amides is 1. The van der Waals surface area contributed by atoms with E-state index in [1.54, 1.807) is 17.1 Å². The van der Waals surface area contributed by atoms with Crippen LogP contribution in [-0.2, 0) is 4.74 Å². The molecular formula is C20H23FN2O2. The zero-order valence-corrected chi connectivity index (χ0v) is 14.6. The first-order chi connectivity index (χ1) is 12.1. The zero-order valence-electron chi connectivity index (χ0n) is 14.6. The van der Waals surface area contributed by atoms with Gasteiger partial charge in [-0.1, -0.05) is 35.9 Å². The normalized spacial score (nSPS) is 24.0. The molecule has 3 rings (SSSR count). The lowest BCUT2D eigenvalue weighted by atomic mass is 9.91. The van der Waals surface area contributed by atoms with Gasteiger partial charge in [0.1, 0.15) is 11.9 Å². The van der Waals surface area contributed by atoms with Gasteiger partial charge in [0, 0.05) is 18.8 Å². The molecule has 1 amide bonds. The molecule has 1 unspecified atom stereocenters. The molecule has 4 nitrogen and oxygen atoms in total. The van der Waals surface area contributed by atoms with E-state index in [1.807, 2.05) is 31.2 Å². The molecule has 0 saturated heterocycles. The van der Waals surface area contributed by atoms with Crippen LogP contribution in [0.4, 0.5) is 9.18 Å². The number of nitrogens with zero attached hydrogens (tertiary/aromatic N) is 1. The third-order valence-corrected chi connectivity index (χ3v) is 4.65. The molecule has 0 spiro atoms. The molecule has 1 aromatic rings. The molecule has 0 saturated carbocycles. The van der Waals surface area contributed by atoms with Crippen LogP contribution in [0.1, 0.15) is 30.0 Å². The minimum Gasteiger partial charge on any atom is -0.453 e. The van der Waals surface area contributed by atoms with Crippen LogP contribution in [0.25, 0.3) is 0 Å². The van der Waals surface area contributed by atoms with E-state index in [1.165, 1.54) is 13.2 Å². The van der Waals surface area contributed by atoms with Gasteiger partial charge in [-0.15, -0.1) is 0 Å². The van der Waals surface area contributed by atoms with Crippen molar-refractivity contribution in [1.82, 2.24) is 10.2 Å². The maximum atomic E-state index is 13.7. The fraction of sp³-hybridized carbons (Fsp3) is 0.350. The molecule has 2 aliphatic rings. The number of halogens is 1. The number of nitrogens with one attached hydrogen (secondary N) is 1. The third-order valence-electron chi connectivity index (χ3n) is 4.65. The molecule has 5 heteroatoms. The van der Waals surface area contributed by atoms with E-state index in [2.05, 4.69) is 5.32 Å². The minimum absolute atomic E-state index is 0.224. The van der Waals surface area contributed by atoms with Crippen molar-refractivity contribution in [2.45, 2.75) is 25.8 Å². The summed E-state index contributed by atoms with van der Waals surface area (Å²) in [4.78, 5) is 14.1. The monoisotopic (exact) mass is 342 g/mol. The molecule has 1 aromatic carbocycles. The highest BCUT2D eigenvalue weighted by atomic mass is 19.1. The molecule has 1 atom stereocenters. The number of hydrogen-bond donors (Lipinski definition) is 1. The first-order valence-electron chi connectivity index (χ1n) is 8.49. The number of carbonyl (C=O) groups excluding carboxylic acids is 1. The summed E-state index contributed by atoms with van der Waals surface area (Å²) in [5.74, 6) is -0.224. The van der Waals surface area contributed by atoms with E-state index in [4.69, 9.17) is 4.74 Å². The Bertz CT molecular complexity index is 735. The van der Waals surface area contributed by atoms with Gasteiger partial charge in [-0.3, -0.25) is 4.90 Å². The summed E-state index contributed by atoms with van der Waals surface area (Å²) in [5, 5.41) is 3.40. The van der Waals surface area contributed by atoms with E-state index in [0.717, 1.165) is 22.4 Å². The largest absolute Gasteiger partial charge is 0.453 e. The Balaban J connectivity index is 2.06. The topological polar surface area (TPSA) is 41.6 Å². The first-order valence-corrected chi connectivity index (χ1v) is 8.49. The van der Waals surface area contributed by atoms with Crippen molar-refractivity contribution in [3.63, 3.8) is 0 Å². The highest BCUT2D eigenvalue weighted by molar-refractivity contribution is 5.69. The highest BCUT2D eigenvalue weighted by Crippen LogP contribution is 2.36. The van der Waals surface area contributed by atoms with Gasteiger partial charge < -0.3 is 10.1 Å². The number of benzene rings is 1. The fourth-order valence-electron chi connectivity index (χ4n) is 3.34. The second kappa shape index (κ2) is 7.55. The number of aryl methyl sites for hydroxylation is 1. The lowest BCUT2D eigenvalue weighted by molar-refractivity contribution is 0.106. The van der Waals surface area contributed by atoms with Crippen molar-refractivity contribution in [3.8, 4) is 0 Å². The highest BCUT2D eigenvalue weighted by Gasteiger charge is 2.34. The lowest BCUT2D eigenvalue weighted by Gasteiger charge is -2.38. The minimum atomic E-state index is -0.351. The molecule has 0 aliphatic carbocycles. The van der Waals surface area contributed by atoms with Gasteiger partial charge in [-0.25, -0.2) is 9.18 Å². The van der Waals surface area contributed by atoms with Gasteiger partial charge in [-0.2, -0.15) is 0 Å². The Kier molecular flexibility index (Phi) is 5.22. The zero-order chi connectivity index (χ0) is 17.8. The Morgan fingerprint density at radius 2 is 2.08 bits per heavy atom. The molecule has 0 fully saturated rings. The van der Waals surface area contributed by atoms with Crippen LogP contribution in [0.15, 0.2) is 59.6 Å². The van der Waals surface area contributed by atoms with Crippen molar-refractivity contribution < 1.29 is 13.9 Å². The van der Waals surface area contributed by atoms with Crippen molar-refractivity contribution in [1.29, 1.82) is 0 Å². The maximum Gasteiger partial charge on any atom is 0.410 e. The molecule has 0 bridgehead atoms. The van der Waals surface area contributed by atoms with Crippen LogP contribution < -0.4 is 5.32 Å². The average Bonchev–Trinajstić information content (AvgIpc) is 2.72. The summed E-state index contributed by atoms with van der Waals surface area (Å²) in [6.45, 7) is 3.09. The van der Waals surface area contributed by atoms with Crippen LogP contribution in [0.2, 0.25) is 0 Å². The van der Waals surface area contributed by atoms with Gasteiger partial charge in [0.25, 0.3) is 0 Å². The predicted octanol–water partition coefficient (Wildman–Crippen LogP) is 4.17. The second-order valence-electron chi connectivity index (χ2n) is 6.32. The first kappa shape index (κ1) is 17.3. The number of hydrogen-bond acceptors (Lipinski definition) is 3. The van der Waals surface area contributed by atoms with Crippen molar-refractivity contribution in [2.75, 3.05) is 20.2 Å². The van der Waals surface area contributed by atoms with Crippen LogP contribution in [0.5, 0.6) is 0 Å². The maximum absolute atomic E-state index is 13.7. The predicted molar refractivity (Wildman–Crippen MR) is 95.6 cm³/mol. The number of ether oxygens (including phenoxy) is 1. The Hall–Kier alpha value is -2.56. The number of rotatable bonds is 1. The van der Waals surface area contributed by atoms with Crippen LogP contribution in [-0.4, -0.2) is 31.2 Å². The van der Waals surface area contributed by atoms with Crippen molar-refractivity contribution >= 4 is 6.09 Å². The molecule has 0 aromatic heterocycles. The smallest absolute Gasteiger partial charge is 0.410 e. The Morgan fingerprint density at radius 1 is 1.32 bits per heavy atom. The molecule has 132 valence electrons. The standard InChI is InChI=1S/C20H23FN2O2/c1-14-5-7-16(8-6-14)19-18-15(11-13-23(19)20(24)25-2)9-10-17(21)4-3-12-22-18/h3-8,10,19,22H,9,11-13H2,1-2H3/b4-3-,17-10+. The van der Waals surface area contributed by atoms with Gasteiger partial charge in [-0.05, 0) is 43.1 Å². The molecule has 2 aliphatic heterocycles. The molecule has 1 N–H and O–H groups in total. The number of methoxy groups -OCH3 is 1. The number of allylic oxidation sites excluding steroid dienone is 3. The summed E-state index contributed by atoms with van der Waals surface area (Å²) >= 11 is 0. The van der Waals surface area contributed by atoms with Crippen molar-refractivity contribution in [3.05, 3.63) is 70.7 Å². The molecule has 0 radical (unpaired) electrons. The SMILES string of the molecule is COC(=O)N1CCC2=C(NC/C=C\C(F)=C/C2)C1c1ccc(C)cc1. The fourth-order valence-corrected chi connectivity index (χ4v) is 3.34. The third kappa shape index (κ3) is 3.76. The van der Waals surface area contributed by atoms with E-state index in [9.17, 15) is 9.18 Å². The average molecular weight is 342 g/mol. The van der Waals surface area contributed by atoms with E-state index < -0.39 is 0 Å². The van der Waals surface area contributed by atoms with Crippen LogP contribution in [0.3, 0.4) is 0 Å². The Labute approximate surface area is 147 Å². The van der Waals surface area contributed by atoms with Gasteiger partial charge in [0.2, 0.25) is 0 Å². The number of carbonyl (C=O) groups is 1. The quantitative estimate of drug-likeness (QED) is 0.833. The van der Waals surface area contributed by atoms with Crippen LogP contribution in [0, 0.1) is 6.92 Å².